The van der Waals surface area contributed by atoms with Crippen LogP contribution in [0.2, 0.25) is 0 Å². The first kappa shape index (κ1) is 16.1. The summed E-state index contributed by atoms with van der Waals surface area (Å²) in [6.45, 7) is 1.42. The largest absolute Gasteiger partial charge is 0.492 e. The Labute approximate surface area is 135 Å². The van der Waals surface area contributed by atoms with Crippen molar-refractivity contribution in [2.24, 2.45) is 5.73 Å². The summed E-state index contributed by atoms with van der Waals surface area (Å²) >= 11 is 3.56. The number of aryl methyl sites for hydroxylation is 1. The van der Waals surface area contributed by atoms with E-state index in [0.717, 1.165) is 42.5 Å². The number of hydrogen-bond acceptors (Lipinski definition) is 2. The van der Waals surface area contributed by atoms with Crippen LogP contribution in [-0.2, 0) is 12.8 Å². The highest BCUT2D eigenvalue weighted by atomic mass is 79.9. The van der Waals surface area contributed by atoms with Crippen molar-refractivity contribution in [2.45, 2.75) is 25.7 Å². The lowest BCUT2D eigenvalue weighted by molar-refractivity contribution is 0.305. The standard InChI is InChI=1S/C18H22BrNO/c19-17-14-16(11-12-20)9-10-18(17)21-13-5-4-8-15-6-2-1-3-7-15/h1-3,6-7,9-10,14H,4-5,8,11-13,20H2. The molecule has 0 aliphatic heterocycles. The Kier molecular flexibility index (Phi) is 6.77. The third kappa shape index (κ3) is 5.52. The molecule has 0 saturated carbocycles. The summed E-state index contributed by atoms with van der Waals surface area (Å²) in [5.41, 5.74) is 8.19. The first-order valence-electron chi connectivity index (χ1n) is 7.45. The van der Waals surface area contributed by atoms with Gasteiger partial charge in [-0.15, -0.1) is 0 Å². The van der Waals surface area contributed by atoms with Crippen LogP contribution in [0.25, 0.3) is 0 Å². The Morgan fingerprint density at radius 2 is 1.71 bits per heavy atom. The fraction of sp³-hybridized carbons (Fsp3) is 0.333. The number of hydrogen-bond donors (Lipinski definition) is 1. The van der Waals surface area contributed by atoms with E-state index in [4.69, 9.17) is 10.5 Å². The second-order valence-corrected chi connectivity index (χ2v) is 5.95. The molecule has 3 heteroatoms. The highest BCUT2D eigenvalue weighted by Crippen LogP contribution is 2.26. The Bertz CT molecular complexity index is 542. The predicted octanol–water partition coefficient (Wildman–Crippen LogP) is 4.35. The molecule has 0 fully saturated rings. The maximum atomic E-state index is 5.83. The third-order valence-corrected chi connectivity index (χ3v) is 4.01. The predicted molar refractivity (Wildman–Crippen MR) is 91.8 cm³/mol. The molecule has 0 atom stereocenters. The molecule has 0 amide bonds. The van der Waals surface area contributed by atoms with Crippen LogP contribution >= 0.6 is 15.9 Å². The summed E-state index contributed by atoms with van der Waals surface area (Å²) in [6, 6.07) is 16.8. The minimum absolute atomic E-state index is 0.673. The van der Waals surface area contributed by atoms with Crippen LogP contribution in [0.1, 0.15) is 24.0 Å². The van der Waals surface area contributed by atoms with Gasteiger partial charge in [0.25, 0.3) is 0 Å². The van der Waals surface area contributed by atoms with Gasteiger partial charge in [-0.05, 0) is 71.4 Å². The van der Waals surface area contributed by atoms with Crippen molar-refractivity contribution in [3.63, 3.8) is 0 Å². The lowest BCUT2D eigenvalue weighted by atomic mass is 10.1. The van der Waals surface area contributed by atoms with E-state index in [9.17, 15) is 0 Å². The van der Waals surface area contributed by atoms with Crippen LogP contribution in [0.4, 0.5) is 0 Å². The number of halogens is 1. The smallest absolute Gasteiger partial charge is 0.133 e. The average molecular weight is 348 g/mol. The molecule has 2 N–H and O–H groups in total. The van der Waals surface area contributed by atoms with Crippen LogP contribution in [0.3, 0.4) is 0 Å². The summed E-state index contributed by atoms with van der Waals surface area (Å²) in [7, 11) is 0. The number of unbranched alkanes of at least 4 members (excludes halogenated alkanes) is 1. The number of nitrogens with two attached hydrogens (primary N) is 1. The monoisotopic (exact) mass is 347 g/mol. The molecule has 0 spiro atoms. The van der Waals surface area contributed by atoms with Crippen molar-refractivity contribution in [3.8, 4) is 5.75 Å². The van der Waals surface area contributed by atoms with Gasteiger partial charge >= 0.3 is 0 Å². The number of rotatable bonds is 8. The summed E-state index contributed by atoms with van der Waals surface area (Å²) in [5, 5.41) is 0. The first-order valence-corrected chi connectivity index (χ1v) is 8.24. The molecule has 0 radical (unpaired) electrons. The van der Waals surface area contributed by atoms with Gasteiger partial charge in [0.15, 0.2) is 0 Å². The van der Waals surface area contributed by atoms with Crippen LogP contribution < -0.4 is 10.5 Å². The van der Waals surface area contributed by atoms with Gasteiger partial charge in [-0.2, -0.15) is 0 Å². The highest BCUT2D eigenvalue weighted by Gasteiger charge is 2.02. The quantitative estimate of drug-likeness (QED) is 0.720. The van der Waals surface area contributed by atoms with Gasteiger partial charge in [0, 0.05) is 0 Å². The molecular formula is C18H22BrNO. The molecule has 2 rings (SSSR count). The van der Waals surface area contributed by atoms with Gasteiger partial charge in [0.1, 0.15) is 5.75 Å². The zero-order chi connectivity index (χ0) is 14.9. The van der Waals surface area contributed by atoms with Gasteiger partial charge in [-0.3, -0.25) is 0 Å². The van der Waals surface area contributed by atoms with E-state index in [1.165, 1.54) is 11.1 Å². The van der Waals surface area contributed by atoms with Gasteiger partial charge in [0.05, 0.1) is 11.1 Å². The molecule has 0 aromatic heterocycles. The molecule has 0 aliphatic rings. The van der Waals surface area contributed by atoms with Crippen molar-refractivity contribution >= 4 is 15.9 Å². The normalized spacial score (nSPS) is 10.6. The van der Waals surface area contributed by atoms with Crippen molar-refractivity contribution in [1.29, 1.82) is 0 Å². The van der Waals surface area contributed by atoms with Gasteiger partial charge < -0.3 is 10.5 Å². The Morgan fingerprint density at radius 1 is 0.905 bits per heavy atom. The van der Waals surface area contributed by atoms with E-state index in [1.54, 1.807) is 0 Å². The second-order valence-electron chi connectivity index (χ2n) is 5.09. The summed E-state index contributed by atoms with van der Waals surface area (Å²) in [5.74, 6) is 0.912. The van der Waals surface area contributed by atoms with E-state index in [1.807, 2.05) is 6.07 Å². The van der Waals surface area contributed by atoms with Gasteiger partial charge in [0.2, 0.25) is 0 Å². The number of ether oxygens (including phenoxy) is 1. The SMILES string of the molecule is NCCc1ccc(OCCCCc2ccccc2)c(Br)c1. The summed E-state index contributed by atoms with van der Waals surface area (Å²) in [4.78, 5) is 0. The van der Waals surface area contributed by atoms with Crippen molar-refractivity contribution < 1.29 is 4.74 Å². The highest BCUT2D eigenvalue weighted by molar-refractivity contribution is 9.10. The lowest BCUT2D eigenvalue weighted by Crippen LogP contribution is -2.03. The Balaban J connectivity index is 1.71. The first-order chi connectivity index (χ1) is 10.3. The lowest BCUT2D eigenvalue weighted by Gasteiger charge is -2.09. The maximum absolute atomic E-state index is 5.83. The molecule has 21 heavy (non-hydrogen) atoms. The maximum Gasteiger partial charge on any atom is 0.133 e. The summed E-state index contributed by atoms with van der Waals surface area (Å²) in [6.07, 6.45) is 4.22. The molecule has 0 unspecified atom stereocenters. The van der Waals surface area contributed by atoms with Crippen LogP contribution in [-0.4, -0.2) is 13.2 Å². The fourth-order valence-corrected chi connectivity index (χ4v) is 2.78. The third-order valence-electron chi connectivity index (χ3n) is 3.39. The van der Waals surface area contributed by atoms with Crippen molar-refractivity contribution in [1.82, 2.24) is 0 Å². The molecule has 0 aliphatic carbocycles. The Hall–Kier alpha value is -1.32. The van der Waals surface area contributed by atoms with Gasteiger partial charge in [-0.1, -0.05) is 36.4 Å². The molecule has 0 heterocycles. The van der Waals surface area contributed by atoms with E-state index >= 15 is 0 Å². The van der Waals surface area contributed by atoms with Crippen LogP contribution in [0.15, 0.2) is 53.0 Å². The minimum atomic E-state index is 0.673. The van der Waals surface area contributed by atoms with E-state index in [-0.39, 0.29) is 0 Å². The van der Waals surface area contributed by atoms with E-state index in [2.05, 4.69) is 58.4 Å². The van der Waals surface area contributed by atoms with Crippen molar-refractivity contribution in [3.05, 3.63) is 64.1 Å². The minimum Gasteiger partial charge on any atom is -0.492 e. The topological polar surface area (TPSA) is 35.2 Å². The van der Waals surface area contributed by atoms with E-state index < -0.39 is 0 Å². The van der Waals surface area contributed by atoms with Crippen molar-refractivity contribution in [2.75, 3.05) is 13.2 Å². The average Bonchev–Trinajstić information content (AvgIpc) is 2.50. The molecule has 0 saturated heterocycles. The van der Waals surface area contributed by atoms with E-state index in [0.29, 0.717) is 6.54 Å². The molecular weight excluding hydrogens is 326 g/mol. The second kappa shape index (κ2) is 8.85. The zero-order valence-electron chi connectivity index (χ0n) is 12.2. The van der Waals surface area contributed by atoms with Crippen LogP contribution in [0.5, 0.6) is 5.75 Å². The fourth-order valence-electron chi connectivity index (χ4n) is 2.24. The summed E-state index contributed by atoms with van der Waals surface area (Å²) < 4.78 is 6.84. The molecule has 2 aromatic carbocycles. The van der Waals surface area contributed by atoms with Crippen LogP contribution in [0, 0.1) is 0 Å². The molecule has 0 bridgehead atoms. The zero-order valence-corrected chi connectivity index (χ0v) is 13.8. The molecule has 112 valence electrons. The Morgan fingerprint density at radius 3 is 2.43 bits per heavy atom. The number of benzene rings is 2. The van der Waals surface area contributed by atoms with Gasteiger partial charge in [-0.25, -0.2) is 0 Å². The molecule has 2 nitrogen and oxygen atoms in total. The molecule has 2 aromatic rings.